The van der Waals surface area contributed by atoms with Crippen LogP contribution < -0.4 is 5.73 Å². The largest absolute Gasteiger partial charge is 0.444 e. The molecule has 0 bridgehead atoms. The first-order chi connectivity index (χ1) is 18.1. The van der Waals surface area contributed by atoms with Crippen LogP contribution in [0.2, 0.25) is 0 Å². The Kier molecular flexibility index (Phi) is 6.60. The number of rotatable bonds is 6. The maximum atomic E-state index is 13.4. The molecule has 2 N–H and O–H groups in total. The van der Waals surface area contributed by atoms with E-state index in [1.807, 2.05) is 50.4 Å². The third-order valence-corrected chi connectivity index (χ3v) is 6.50. The number of ketones is 1. The second-order valence-electron chi connectivity index (χ2n) is 10.5. The van der Waals surface area contributed by atoms with Crippen LogP contribution in [-0.2, 0) is 4.74 Å². The first-order valence-electron chi connectivity index (χ1n) is 12.6. The molecule has 0 radical (unpaired) electrons. The number of Topliss-reactive ketones (excluding diaryl/α,β-unsaturated/α-hetero) is 1. The minimum absolute atomic E-state index is 0.00209. The topological polar surface area (TPSA) is 142 Å². The lowest BCUT2D eigenvalue weighted by Crippen LogP contribution is -2.40. The molecule has 198 valence electrons. The fourth-order valence-corrected chi connectivity index (χ4v) is 4.70. The molecule has 5 rings (SSSR count). The predicted molar refractivity (Wildman–Crippen MR) is 140 cm³/mol. The van der Waals surface area contributed by atoms with Crippen molar-refractivity contribution in [1.29, 1.82) is 0 Å². The van der Waals surface area contributed by atoms with E-state index in [2.05, 4.69) is 15.0 Å². The lowest BCUT2D eigenvalue weighted by atomic mass is 10.0. The highest BCUT2D eigenvalue weighted by Gasteiger charge is 2.33. The van der Waals surface area contributed by atoms with Crippen molar-refractivity contribution < 1.29 is 18.7 Å². The van der Waals surface area contributed by atoms with Crippen molar-refractivity contribution >= 4 is 23.3 Å². The molecule has 4 aromatic heterocycles. The number of hydrogen-bond donors (Lipinski definition) is 1. The van der Waals surface area contributed by atoms with Crippen molar-refractivity contribution in [2.24, 2.45) is 0 Å². The normalized spacial score (nSPS) is 15.8. The third kappa shape index (κ3) is 5.09. The van der Waals surface area contributed by atoms with Crippen molar-refractivity contribution in [3.05, 3.63) is 48.4 Å². The lowest BCUT2D eigenvalue weighted by Gasteiger charge is -2.28. The van der Waals surface area contributed by atoms with Gasteiger partial charge in [0, 0.05) is 42.7 Å². The number of carbonyl (C=O) groups is 2. The minimum Gasteiger partial charge on any atom is -0.444 e. The van der Waals surface area contributed by atoms with Crippen LogP contribution in [0.25, 0.3) is 28.5 Å². The zero-order valence-corrected chi connectivity index (χ0v) is 22.0. The monoisotopic (exact) mass is 517 g/mol. The fraction of sp³-hybridized carbons (Fsp3) is 0.407. The average molecular weight is 518 g/mol. The number of nitrogen functional groups attached to an aromatic ring is 1. The molecule has 0 spiro atoms. The average Bonchev–Trinajstić information content (AvgIpc) is 3.63. The van der Waals surface area contributed by atoms with E-state index in [9.17, 15) is 9.59 Å². The Hall–Kier alpha value is -4.28. The van der Waals surface area contributed by atoms with E-state index >= 15 is 0 Å². The summed E-state index contributed by atoms with van der Waals surface area (Å²) >= 11 is 0. The second kappa shape index (κ2) is 9.88. The maximum absolute atomic E-state index is 13.4. The third-order valence-electron chi connectivity index (χ3n) is 6.50. The van der Waals surface area contributed by atoms with Crippen LogP contribution in [0.3, 0.4) is 0 Å². The van der Waals surface area contributed by atoms with Crippen molar-refractivity contribution in [3.8, 4) is 22.8 Å². The molecule has 4 aromatic rings. The first kappa shape index (κ1) is 25.4. The van der Waals surface area contributed by atoms with Crippen LogP contribution in [0.15, 0.2) is 41.4 Å². The number of imidazole rings is 1. The van der Waals surface area contributed by atoms with Crippen molar-refractivity contribution in [2.45, 2.75) is 65.0 Å². The number of aryl methyl sites for hydroxylation is 1. The summed E-state index contributed by atoms with van der Waals surface area (Å²) < 4.78 is 13.0. The number of likely N-dealkylation sites (tertiary alicyclic amines) is 1. The number of carbonyl (C=O) groups excluding carboxylic acids is 2. The molecule has 1 fully saturated rings. The van der Waals surface area contributed by atoms with E-state index in [1.54, 1.807) is 11.1 Å². The van der Waals surface area contributed by atoms with Gasteiger partial charge in [0.15, 0.2) is 17.3 Å². The standard InChI is InChI=1S/C27H31N7O4/c1-16-14-30-20-10-7-17(15-34(16)20)21-23(25-29-11-13-37-25)32-24(28)22(31-21)19(35)9-8-18-6-5-12-33(18)26(36)38-27(2,3)4/h7,10-11,13-15,18H,5-6,8-9,12H2,1-4H3,(H2,28,32)/t18-/m0/s1. The SMILES string of the molecule is Cc1cnc2ccc(-c3nc(C(=O)CC[C@@H]4CCCN4C(=O)OC(C)(C)C)c(N)nc3-c3ncco3)cn12. The molecule has 1 atom stereocenters. The van der Waals surface area contributed by atoms with Gasteiger partial charge in [-0.25, -0.2) is 24.7 Å². The molecule has 11 nitrogen and oxygen atoms in total. The molecule has 0 aromatic carbocycles. The number of ether oxygens (including phenoxy) is 1. The maximum Gasteiger partial charge on any atom is 0.410 e. The minimum atomic E-state index is -0.580. The van der Waals surface area contributed by atoms with Crippen LogP contribution >= 0.6 is 0 Å². The summed E-state index contributed by atoms with van der Waals surface area (Å²) in [7, 11) is 0. The van der Waals surface area contributed by atoms with Crippen LogP contribution in [0, 0.1) is 6.92 Å². The number of nitrogens with two attached hydrogens (primary N) is 1. The van der Waals surface area contributed by atoms with E-state index < -0.39 is 5.60 Å². The van der Waals surface area contributed by atoms with Gasteiger partial charge in [-0.15, -0.1) is 0 Å². The van der Waals surface area contributed by atoms with E-state index in [0.717, 1.165) is 24.2 Å². The second-order valence-corrected chi connectivity index (χ2v) is 10.5. The van der Waals surface area contributed by atoms with Gasteiger partial charge in [-0.3, -0.25) is 4.79 Å². The van der Waals surface area contributed by atoms with Crippen LogP contribution in [0.1, 0.15) is 62.6 Å². The zero-order valence-electron chi connectivity index (χ0n) is 22.0. The molecule has 1 amide bonds. The van der Waals surface area contributed by atoms with Gasteiger partial charge in [-0.05, 0) is 59.1 Å². The number of anilines is 1. The molecule has 1 saturated heterocycles. The Balaban J connectivity index is 1.43. The fourth-order valence-electron chi connectivity index (χ4n) is 4.70. The van der Waals surface area contributed by atoms with Gasteiger partial charge in [0.25, 0.3) is 0 Å². The van der Waals surface area contributed by atoms with Crippen molar-refractivity contribution in [2.75, 3.05) is 12.3 Å². The summed E-state index contributed by atoms with van der Waals surface area (Å²) in [5.41, 5.74) is 8.95. The Morgan fingerprint density at radius 2 is 2.00 bits per heavy atom. The number of aromatic nitrogens is 5. The van der Waals surface area contributed by atoms with E-state index in [4.69, 9.17) is 19.9 Å². The molecule has 11 heteroatoms. The van der Waals surface area contributed by atoms with Gasteiger partial charge in [-0.2, -0.15) is 0 Å². The lowest BCUT2D eigenvalue weighted by molar-refractivity contribution is 0.0218. The number of pyridine rings is 1. The molecule has 1 aliphatic heterocycles. The zero-order chi connectivity index (χ0) is 27.0. The Labute approximate surface area is 220 Å². The molecule has 0 aliphatic carbocycles. The molecule has 5 heterocycles. The van der Waals surface area contributed by atoms with Crippen molar-refractivity contribution in [1.82, 2.24) is 29.2 Å². The summed E-state index contributed by atoms with van der Waals surface area (Å²) in [6.45, 7) is 8.08. The number of hydrogen-bond acceptors (Lipinski definition) is 9. The van der Waals surface area contributed by atoms with Crippen LogP contribution in [0.4, 0.5) is 10.6 Å². The van der Waals surface area contributed by atoms with Crippen LogP contribution in [0.5, 0.6) is 0 Å². The van der Waals surface area contributed by atoms with Crippen LogP contribution in [-0.4, -0.2) is 59.3 Å². The molecule has 0 saturated carbocycles. The smallest absolute Gasteiger partial charge is 0.410 e. The molecular formula is C27H31N7O4. The van der Waals surface area contributed by atoms with E-state index in [1.165, 1.54) is 12.5 Å². The molecule has 1 aliphatic rings. The summed E-state index contributed by atoms with van der Waals surface area (Å²) in [6.07, 6.45) is 8.59. The first-order valence-corrected chi connectivity index (χ1v) is 12.6. The molecular weight excluding hydrogens is 486 g/mol. The molecule has 38 heavy (non-hydrogen) atoms. The number of nitrogens with zero attached hydrogens (tertiary/aromatic N) is 6. The van der Waals surface area contributed by atoms with Gasteiger partial charge in [0.2, 0.25) is 5.89 Å². The quantitative estimate of drug-likeness (QED) is 0.360. The summed E-state index contributed by atoms with van der Waals surface area (Å²) in [4.78, 5) is 45.5. The predicted octanol–water partition coefficient (Wildman–Crippen LogP) is 4.70. The van der Waals surface area contributed by atoms with Gasteiger partial charge in [0.1, 0.15) is 28.9 Å². The van der Waals surface area contributed by atoms with Gasteiger partial charge >= 0.3 is 6.09 Å². The Morgan fingerprint density at radius 1 is 1.18 bits per heavy atom. The molecule has 0 unspecified atom stereocenters. The van der Waals surface area contributed by atoms with Gasteiger partial charge in [0.05, 0.1) is 6.20 Å². The Bertz CT molecular complexity index is 1490. The number of oxazole rings is 1. The summed E-state index contributed by atoms with van der Waals surface area (Å²) in [5.74, 6) is 0.00741. The highest BCUT2D eigenvalue weighted by Crippen LogP contribution is 2.31. The summed E-state index contributed by atoms with van der Waals surface area (Å²) in [5, 5.41) is 0. The highest BCUT2D eigenvalue weighted by atomic mass is 16.6. The number of amides is 1. The van der Waals surface area contributed by atoms with Crippen molar-refractivity contribution in [3.63, 3.8) is 0 Å². The van der Waals surface area contributed by atoms with E-state index in [-0.39, 0.29) is 41.7 Å². The highest BCUT2D eigenvalue weighted by molar-refractivity contribution is 5.99. The Morgan fingerprint density at radius 3 is 2.74 bits per heavy atom. The van der Waals surface area contributed by atoms with Gasteiger partial charge in [-0.1, -0.05) is 0 Å². The van der Waals surface area contributed by atoms with Gasteiger partial charge < -0.3 is 24.2 Å². The summed E-state index contributed by atoms with van der Waals surface area (Å²) in [6, 6.07) is 3.65. The van der Waals surface area contributed by atoms with E-state index in [0.29, 0.717) is 29.9 Å². The number of fused-ring (bicyclic) bond motifs is 1.